The number of ether oxygens (including phenoxy) is 2. The Labute approximate surface area is 183 Å². The van der Waals surface area contributed by atoms with Crippen molar-refractivity contribution in [2.75, 3.05) is 38.2 Å². The maximum absolute atomic E-state index is 13.6. The predicted molar refractivity (Wildman–Crippen MR) is 118 cm³/mol. The number of sulfonamides is 1. The second-order valence-corrected chi connectivity index (χ2v) is 9.03. The van der Waals surface area contributed by atoms with Crippen molar-refractivity contribution in [1.29, 1.82) is 0 Å². The van der Waals surface area contributed by atoms with Crippen LogP contribution in [0.5, 0.6) is 5.75 Å². The Balaban J connectivity index is 2.46. The maximum atomic E-state index is 13.6. The number of anilines is 1. The van der Waals surface area contributed by atoms with Crippen molar-refractivity contribution in [3.05, 3.63) is 52.5 Å². The van der Waals surface area contributed by atoms with Crippen LogP contribution in [0.4, 0.5) is 5.69 Å². The number of amides is 1. The number of methoxy groups -OCH3 is 2. The average Bonchev–Trinajstić information content (AvgIpc) is 2.71. The highest BCUT2D eigenvalue weighted by Crippen LogP contribution is 2.32. The van der Waals surface area contributed by atoms with Crippen molar-refractivity contribution < 1.29 is 22.7 Å². The lowest BCUT2D eigenvalue weighted by atomic mass is 10.2. The fraction of sp³-hybridized carbons (Fsp3) is 0.381. The molecule has 0 fully saturated rings. The molecule has 9 heteroatoms. The van der Waals surface area contributed by atoms with Crippen LogP contribution in [0.3, 0.4) is 0 Å². The number of halogens is 1. The summed E-state index contributed by atoms with van der Waals surface area (Å²) in [4.78, 5) is 12.5. The van der Waals surface area contributed by atoms with Crippen molar-refractivity contribution in [3.63, 3.8) is 0 Å². The Morgan fingerprint density at radius 2 is 1.87 bits per heavy atom. The third-order valence-electron chi connectivity index (χ3n) is 4.47. The lowest BCUT2D eigenvalue weighted by Crippen LogP contribution is -2.41. The van der Waals surface area contributed by atoms with E-state index in [1.54, 1.807) is 38.3 Å². The third-order valence-corrected chi connectivity index (χ3v) is 6.67. The monoisotopic (exact) mass is 454 g/mol. The van der Waals surface area contributed by atoms with Crippen LogP contribution in [-0.4, -0.2) is 48.2 Å². The predicted octanol–water partition coefficient (Wildman–Crippen LogP) is 3.31. The quantitative estimate of drug-likeness (QED) is 0.557. The van der Waals surface area contributed by atoms with Crippen LogP contribution in [0.25, 0.3) is 0 Å². The van der Waals surface area contributed by atoms with Gasteiger partial charge >= 0.3 is 0 Å². The van der Waals surface area contributed by atoms with Gasteiger partial charge in [0, 0.05) is 25.3 Å². The summed E-state index contributed by atoms with van der Waals surface area (Å²) in [6, 6.07) is 9.74. The zero-order valence-corrected chi connectivity index (χ0v) is 19.1. The molecule has 2 aromatic carbocycles. The van der Waals surface area contributed by atoms with E-state index >= 15 is 0 Å². The molecule has 0 heterocycles. The molecule has 0 aliphatic heterocycles. The highest BCUT2D eigenvalue weighted by Gasteiger charge is 2.30. The van der Waals surface area contributed by atoms with E-state index in [-0.39, 0.29) is 10.6 Å². The van der Waals surface area contributed by atoms with Gasteiger partial charge in [0.1, 0.15) is 17.2 Å². The number of nitrogens with one attached hydrogen (secondary N) is 1. The van der Waals surface area contributed by atoms with E-state index in [1.165, 1.54) is 19.2 Å². The highest BCUT2D eigenvalue weighted by atomic mass is 35.5. The molecule has 2 rings (SSSR count). The second kappa shape index (κ2) is 10.7. The van der Waals surface area contributed by atoms with Crippen LogP contribution >= 0.6 is 11.6 Å². The van der Waals surface area contributed by atoms with Gasteiger partial charge in [-0.3, -0.25) is 9.10 Å². The first kappa shape index (κ1) is 24.0. The van der Waals surface area contributed by atoms with Crippen molar-refractivity contribution in [1.82, 2.24) is 5.32 Å². The Hall–Kier alpha value is -2.29. The summed E-state index contributed by atoms with van der Waals surface area (Å²) < 4.78 is 38.4. The van der Waals surface area contributed by atoms with Crippen LogP contribution in [0, 0.1) is 13.8 Å². The fourth-order valence-electron chi connectivity index (χ4n) is 2.79. The van der Waals surface area contributed by atoms with Crippen molar-refractivity contribution in [3.8, 4) is 5.75 Å². The van der Waals surface area contributed by atoms with Gasteiger partial charge in [0.2, 0.25) is 5.91 Å². The van der Waals surface area contributed by atoms with E-state index < -0.39 is 22.5 Å². The summed E-state index contributed by atoms with van der Waals surface area (Å²) in [6.45, 7) is 4.08. The number of hydrogen-bond acceptors (Lipinski definition) is 5. The van der Waals surface area contributed by atoms with Crippen molar-refractivity contribution in [2.24, 2.45) is 0 Å². The largest absolute Gasteiger partial charge is 0.495 e. The number of carbonyl (C=O) groups is 1. The Kier molecular flexibility index (Phi) is 8.52. The molecule has 30 heavy (non-hydrogen) atoms. The molecule has 164 valence electrons. The van der Waals surface area contributed by atoms with E-state index in [9.17, 15) is 13.2 Å². The molecule has 0 saturated carbocycles. The number of benzene rings is 2. The molecule has 0 aromatic heterocycles. The normalized spacial score (nSPS) is 11.2. The van der Waals surface area contributed by atoms with Crippen LogP contribution in [0.2, 0.25) is 5.02 Å². The van der Waals surface area contributed by atoms with Crippen LogP contribution in [0.15, 0.2) is 41.3 Å². The first-order chi connectivity index (χ1) is 14.2. The van der Waals surface area contributed by atoms with E-state index in [2.05, 4.69) is 5.32 Å². The molecular weight excluding hydrogens is 428 g/mol. The number of aryl methyl sites for hydroxylation is 2. The molecule has 0 unspecified atom stereocenters. The SMILES string of the molecule is COCCCNC(=O)CN(c1ccc(C)c(Cl)c1)S(=O)(=O)c1cc(C)ccc1OC. The van der Waals surface area contributed by atoms with E-state index in [4.69, 9.17) is 21.1 Å². The average molecular weight is 455 g/mol. The fourth-order valence-corrected chi connectivity index (χ4v) is 4.62. The summed E-state index contributed by atoms with van der Waals surface area (Å²) in [5, 5.41) is 3.12. The summed E-state index contributed by atoms with van der Waals surface area (Å²) in [5.74, 6) is -0.234. The second-order valence-electron chi connectivity index (χ2n) is 6.80. The zero-order chi connectivity index (χ0) is 22.3. The van der Waals surface area contributed by atoms with Crippen LogP contribution < -0.4 is 14.4 Å². The lowest BCUT2D eigenvalue weighted by Gasteiger charge is -2.25. The molecule has 0 radical (unpaired) electrons. The number of carbonyl (C=O) groups excluding carboxylic acids is 1. The smallest absolute Gasteiger partial charge is 0.268 e. The molecule has 0 aliphatic rings. The number of hydrogen-bond donors (Lipinski definition) is 1. The first-order valence-corrected chi connectivity index (χ1v) is 11.2. The minimum Gasteiger partial charge on any atom is -0.495 e. The molecule has 7 nitrogen and oxygen atoms in total. The number of nitrogens with zero attached hydrogens (tertiary/aromatic N) is 1. The van der Waals surface area contributed by atoms with Gasteiger partial charge in [-0.05, 0) is 55.7 Å². The lowest BCUT2D eigenvalue weighted by molar-refractivity contribution is -0.119. The van der Waals surface area contributed by atoms with Gasteiger partial charge < -0.3 is 14.8 Å². The molecule has 0 saturated heterocycles. The zero-order valence-electron chi connectivity index (χ0n) is 17.6. The van der Waals surface area contributed by atoms with Gasteiger partial charge in [-0.15, -0.1) is 0 Å². The van der Waals surface area contributed by atoms with Crippen molar-refractivity contribution in [2.45, 2.75) is 25.2 Å². The minimum atomic E-state index is -4.12. The van der Waals surface area contributed by atoms with E-state index in [1.807, 2.05) is 6.92 Å². The van der Waals surface area contributed by atoms with E-state index in [0.29, 0.717) is 30.3 Å². The Morgan fingerprint density at radius 1 is 1.13 bits per heavy atom. The number of rotatable bonds is 10. The van der Waals surface area contributed by atoms with Crippen molar-refractivity contribution >= 4 is 33.2 Å². The molecular formula is C21H27ClN2O5S. The third kappa shape index (κ3) is 5.87. The summed E-state index contributed by atoms with van der Waals surface area (Å²) in [5.41, 5.74) is 1.84. The minimum absolute atomic E-state index is 0.0196. The molecule has 0 bridgehead atoms. The molecule has 1 amide bonds. The van der Waals surface area contributed by atoms with Gasteiger partial charge in [-0.1, -0.05) is 23.7 Å². The maximum Gasteiger partial charge on any atom is 0.268 e. The summed E-state index contributed by atoms with van der Waals surface area (Å²) >= 11 is 6.23. The summed E-state index contributed by atoms with van der Waals surface area (Å²) in [6.07, 6.45) is 0.622. The van der Waals surface area contributed by atoms with Gasteiger partial charge in [0.05, 0.1) is 12.8 Å². The van der Waals surface area contributed by atoms with Gasteiger partial charge in [-0.25, -0.2) is 8.42 Å². The van der Waals surface area contributed by atoms with E-state index in [0.717, 1.165) is 15.4 Å². The van der Waals surface area contributed by atoms with Crippen LogP contribution in [-0.2, 0) is 19.6 Å². The molecule has 0 atom stereocenters. The van der Waals surface area contributed by atoms with Gasteiger partial charge in [0.15, 0.2) is 0 Å². The molecule has 2 aromatic rings. The van der Waals surface area contributed by atoms with Crippen LogP contribution in [0.1, 0.15) is 17.5 Å². The molecule has 1 N–H and O–H groups in total. The summed E-state index contributed by atoms with van der Waals surface area (Å²) in [7, 11) is -1.14. The topological polar surface area (TPSA) is 84.9 Å². The molecule has 0 aliphatic carbocycles. The Morgan fingerprint density at radius 3 is 2.50 bits per heavy atom. The van der Waals surface area contributed by atoms with Gasteiger partial charge in [0.25, 0.3) is 10.0 Å². The Bertz CT molecular complexity index is 995. The molecule has 0 spiro atoms. The standard InChI is InChI=1S/C21H27ClN2O5S/c1-15-6-9-19(29-4)20(12-15)30(26,27)24(14-21(25)23-10-5-11-28-3)17-8-7-16(2)18(22)13-17/h6-9,12-13H,5,10-11,14H2,1-4H3,(H,23,25). The van der Waals surface area contributed by atoms with Gasteiger partial charge in [-0.2, -0.15) is 0 Å². The first-order valence-electron chi connectivity index (χ1n) is 9.40. The highest BCUT2D eigenvalue weighted by molar-refractivity contribution is 7.93.